The molecule has 1 aromatic carbocycles. The first-order valence-electron chi connectivity index (χ1n) is 7.82. The highest BCUT2D eigenvalue weighted by atomic mass is 32.2. The molecule has 0 aromatic heterocycles. The number of hydrogen-bond donors (Lipinski definition) is 1. The first-order chi connectivity index (χ1) is 11.4. The van der Waals surface area contributed by atoms with E-state index in [2.05, 4.69) is 0 Å². The smallest absolute Gasteiger partial charge is 0.322 e. The third-order valence-electron chi connectivity index (χ3n) is 4.93. The summed E-state index contributed by atoms with van der Waals surface area (Å²) in [4.78, 5) is 11.3. The van der Waals surface area contributed by atoms with E-state index in [1.54, 1.807) is 6.07 Å². The monoisotopic (exact) mass is 352 g/mol. The SMILES string of the molecule is N#Cc1cc(F)ccc1S(=O)(=O)N1C(C(=O)O)CC2CCCCC21. The van der Waals surface area contributed by atoms with Gasteiger partial charge in [0.15, 0.2) is 0 Å². The van der Waals surface area contributed by atoms with Gasteiger partial charge in [0.05, 0.1) is 5.56 Å². The van der Waals surface area contributed by atoms with Gasteiger partial charge in [-0.1, -0.05) is 12.8 Å². The second-order valence-electron chi connectivity index (χ2n) is 6.29. The summed E-state index contributed by atoms with van der Waals surface area (Å²) in [6.45, 7) is 0. The molecule has 1 saturated heterocycles. The van der Waals surface area contributed by atoms with Gasteiger partial charge in [-0.3, -0.25) is 4.79 Å². The zero-order chi connectivity index (χ0) is 17.5. The fourth-order valence-corrected chi connectivity index (χ4v) is 5.90. The molecule has 0 amide bonds. The third kappa shape index (κ3) is 2.68. The summed E-state index contributed by atoms with van der Waals surface area (Å²) in [7, 11) is -4.20. The molecule has 3 rings (SSSR count). The number of nitriles is 1. The highest BCUT2D eigenvalue weighted by Crippen LogP contribution is 2.43. The fourth-order valence-electron chi connectivity index (χ4n) is 3.90. The van der Waals surface area contributed by atoms with Gasteiger partial charge in [0.2, 0.25) is 10.0 Å². The van der Waals surface area contributed by atoms with Crippen molar-refractivity contribution in [2.45, 2.75) is 49.1 Å². The number of halogens is 1. The molecule has 1 aliphatic heterocycles. The Kier molecular flexibility index (Phi) is 4.32. The molecule has 24 heavy (non-hydrogen) atoms. The van der Waals surface area contributed by atoms with E-state index in [9.17, 15) is 22.7 Å². The first kappa shape index (κ1) is 16.9. The second-order valence-corrected chi connectivity index (χ2v) is 8.10. The average Bonchev–Trinajstić information content (AvgIpc) is 2.95. The molecule has 2 aliphatic rings. The average molecular weight is 352 g/mol. The lowest BCUT2D eigenvalue weighted by Gasteiger charge is -2.32. The lowest BCUT2D eigenvalue weighted by molar-refractivity contribution is -0.141. The molecule has 2 fully saturated rings. The predicted octanol–water partition coefficient (Wildman–Crippen LogP) is 2.10. The molecule has 128 valence electrons. The van der Waals surface area contributed by atoms with Crippen molar-refractivity contribution in [2.75, 3.05) is 0 Å². The third-order valence-corrected chi connectivity index (χ3v) is 6.92. The molecule has 3 unspecified atom stereocenters. The molecule has 1 heterocycles. The Morgan fingerprint density at radius 3 is 2.71 bits per heavy atom. The van der Waals surface area contributed by atoms with Crippen molar-refractivity contribution < 1.29 is 22.7 Å². The lowest BCUT2D eigenvalue weighted by atomic mass is 9.85. The largest absolute Gasteiger partial charge is 0.480 e. The van der Waals surface area contributed by atoms with Crippen LogP contribution in [0.1, 0.15) is 37.7 Å². The van der Waals surface area contributed by atoms with Gasteiger partial charge in [-0.2, -0.15) is 9.57 Å². The summed E-state index contributed by atoms with van der Waals surface area (Å²) in [6.07, 6.45) is 3.49. The molecule has 6 nitrogen and oxygen atoms in total. The summed E-state index contributed by atoms with van der Waals surface area (Å²) >= 11 is 0. The van der Waals surface area contributed by atoms with Gasteiger partial charge in [0.1, 0.15) is 22.8 Å². The van der Waals surface area contributed by atoms with Crippen molar-refractivity contribution in [2.24, 2.45) is 5.92 Å². The summed E-state index contributed by atoms with van der Waals surface area (Å²) in [5, 5.41) is 18.6. The van der Waals surface area contributed by atoms with Gasteiger partial charge >= 0.3 is 5.97 Å². The topological polar surface area (TPSA) is 98.5 Å². The molecule has 1 aliphatic carbocycles. The number of aliphatic carboxylic acids is 1. The normalized spacial score (nSPS) is 27.4. The van der Waals surface area contributed by atoms with Crippen LogP contribution in [0.5, 0.6) is 0 Å². The van der Waals surface area contributed by atoms with Gasteiger partial charge in [-0.25, -0.2) is 12.8 Å². The first-order valence-corrected chi connectivity index (χ1v) is 9.26. The Labute approximate surface area is 139 Å². The summed E-state index contributed by atoms with van der Waals surface area (Å²) in [6, 6.07) is 3.04. The number of hydrogen-bond acceptors (Lipinski definition) is 4. The molecule has 0 spiro atoms. The highest BCUT2D eigenvalue weighted by Gasteiger charge is 2.51. The van der Waals surface area contributed by atoms with Crippen molar-refractivity contribution in [3.05, 3.63) is 29.6 Å². The van der Waals surface area contributed by atoms with Crippen LogP contribution in [-0.2, 0) is 14.8 Å². The standard InChI is InChI=1S/C16H17FN2O4S/c17-12-5-6-15(11(7-12)9-18)24(22,23)19-13-4-2-1-3-10(13)8-14(19)16(20)21/h5-7,10,13-14H,1-4,8H2,(H,20,21). The molecule has 1 saturated carbocycles. The van der Waals surface area contributed by atoms with Gasteiger partial charge in [-0.05, 0) is 43.4 Å². The minimum absolute atomic E-state index is 0.0145. The van der Waals surface area contributed by atoms with Gasteiger partial charge in [0.25, 0.3) is 0 Å². The molecule has 0 radical (unpaired) electrons. The quantitative estimate of drug-likeness (QED) is 0.898. The van der Waals surface area contributed by atoms with E-state index in [1.165, 1.54) is 0 Å². The van der Waals surface area contributed by atoms with Crippen molar-refractivity contribution in [3.63, 3.8) is 0 Å². The van der Waals surface area contributed by atoms with Crippen LogP contribution in [0.3, 0.4) is 0 Å². The number of fused-ring (bicyclic) bond motifs is 1. The molecular formula is C16H17FN2O4S. The van der Waals surface area contributed by atoms with E-state index >= 15 is 0 Å². The highest BCUT2D eigenvalue weighted by molar-refractivity contribution is 7.89. The number of carboxylic acids is 1. The predicted molar refractivity (Wildman–Crippen MR) is 81.9 cm³/mol. The zero-order valence-corrected chi connectivity index (χ0v) is 13.7. The molecule has 0 bridgehead atoms. The molecular weight excluding hydrogens is 335 g/mol. The van der Waals surface area contributed by atoms with Crippen LogP contribution in [0, 0.1) is 23.1 Å². The molecule has 1 aromatic rings. The Bertz CT molecular complexity index is 818. The molecule has 3 atom stereocenters. The zero-order valence-electron chi connectivity index (χ0n) is 12.9. The lowest BCUT2D eigenvalue weighted by Crippen LogP contribution is -2.46. The number of rotatable bonds is 3. The minimum atomic E-state index is -4.20. The van der Waals surface area contributed by atoms with Gasteiger partial charge in [0, 0.05) is 6.04 Å². The summed E-state index contributed by atoms with van der Waals surface area (Å²) < 4.78 is 40.5. The van der Waals surface area contributed by atoms with E-state index in [1.807, 2.05) is 0 Å². The minimum Gasteiger partial charge on any atom is -0.480 e. The maximum Gasteiger partial charge on any atom is 0.322 e. The van der Waals surface area contributed by atoms with E-state index in [0.29, 0.717) is 6.42 Å². The Hall–Kier alpha value is -1.98. The van der Waals surface area contributed by atoms with E-state index in [4.69, 9.17) is 5.26 Å². The number of benzene rings is 1. The van der Waals surface area contributed by atoms with Crippen LogP contribution in [0.15, 0.2) is 23.1 Å². The Balaban J connectivity index is 2.10. The van der Waals surface area contributed by atoms with Crippen LogP contribution in [-0.4, -0.2) is 35.9 Å². The van der Waals surface area contributed by atoms with Gasteiger partial charge < -0.3 is 5.11 Å². The number of sulfonamides is 1. The van der Waals surface area contributed by atoms with Crippen LogP contribution >= 0.6 is 0 Å². The van der Waals surface area contributed by atoms with Crippen molar-refractivity contribution in [1.82, 2.24) is 4.31 Å². The van der Waals surface area contributed by atoms with E-state index in [0.717, 1.165) is 41.8 Å². The number of carboxylic acid groups (broad SMARTS) is 1. The van der Waals surface area contributed by atoms with Crippen LogP contribution < -0.4 is 0 Å². The van der Waals surface area contributed by atoms with Crippen LogP contribution in [0.25, 0.3) is 0 Å². The van der Waals surface area contributed by atoms with Crippen molar-refractivity contribution >= 4 is 16.0 Å². The second kappa shape index (κ2) is 6.15. The van der Waals surface area contributed by atoms with E-state index in [-0.39, 0.29) is 28.8 Å². The molecule has 1 N–H and O–H groups in total. The fraction of sp³-hybridized carbons (Fsp3) is 0.500. The number of nitrogens with zero attached hydrogens (tertiary/aromatic N) is 2. The van der Waals surface area contributed by atoms with Crippen LogP contribution in [0.4, 0.5) is 4.39 Å². The Morgan fingerprint density at radius 2 is 2.04 bits per heavy atom. The van der Waals surface area contributed by atoms with Crippen molar-refractivity contribution in [3.8, 4) is 6.07 Å². The van der Waals surface area contributed by atoms with E-state index < -0.39 is 27.9 Å². The van der Waals surface area contributed by atoms with Crippen LogP contribution in [0.2, 0.25) is 0 Å². The maximum absolute atomic E-state index is 13.3. The van der Waals surface area contributed by atoms with Crippen molar-refractivity contribution in [1.29, 1.82) is 5.26 Å². The number of carbonyl (C=O) groups is 1. The molecule has 8 heteroatoms. The van der Waals surface area contributed by atoms with Gasteiger partial charge in [-0.15, -0.1) is 0 Å². The Morgan fingerprint density at radius 1 is 1.33 bits per heavy atom. The maximum atomic E-state index is 13.3. The summed E-state index contributed by atoms with van der Waals surface area (Å²) in [5.41, 5.74) is -0.307. The summed E-state index contributed by atoms with van der Waals surface area (Å²) in [5.74, 6) is -1.88.